The SMILES string of the molecule is CCCCC(C)(c1ccccc1)c1ccc(C)c(C(=O)O)c1O. The van der Waals surface area contributed by atoms with E-state index in [1.165, 1.54) is 0 Å². The van der Waals surface area contributed by atoms with Gasteiger partial charge in [0.05, 0.1) is 0 Å². The van der Waals surface area contributed by atoms with Crippen LogP contribution in [0, 0.1) is 6.92 Å². The molecule has 3 nitrogen and oxygen atoms in total. The molecule has 23 heavy (non-hydrogen) atoms. The maximum Gasteiger partial charge on any atom is 0.339 e. The normalized spacial score (nSPS) is 13.5. The number of hydrogen-bond donors (Lipinski definition) is 2. The first kappa shape index (κ1) is 17.1. The number of benzene rings is 2. The van der Waals surface area contributed by atoms with Crippen molar-refractivity contribution in [2.45, 2.75) is 45.4 Å². The van der Waals surface area contributed by atoms with Crippen molar-refractivity contribution in [3.05, 3.63) is 64.7 Å². The van der Waals surface area contributed by atoms with Gasteiger partial charge in [-0.3, -0.25) is 0 Å². The number of unbranched alkanes of at least 4 members (excludes halogenated alkanes) is 1. The summed E-state index contributed by atoms with van der Waals surface area (Å²) in [6, 6.07) is 13.6. The van der Waals surface area contributed by atoms with E-state index >= 15 is 0 Å². The molecule has 0 amide bonds. The molecule has 0 bridgehead atoms. The molecule has 2 N–H and O–H groups in total. The third kappa shape index (κ3) is 3.24. The Morgan fingerprint density at radius 1 is 1.13 bits per heavy atom. The Bertz CT molecular complexity index is 692. The van der Waals surface area contributed by atoms with Gasteiger partial charge in [0.25, 0.3) is 0 Å². The van der Waals surface area contributed by atoms with Crippen molar-refractivity contribution in [1.82, 2.24) is 0 Å². The van der Waals surface area contributed by atoms with Crippen molar-refractivity contribution in [1.29, 1.82) is 0 Å². The molecule has 2 aromatic rings. The van der Waals surface area contributed by atoms with Gasteiger partial charge in [0, 0.05) is 11.0 Å². The number of carboxylic acid groups (broad SMARTS) is 1. The molecule has 0 saturated carbocycles. The van der Waals surface area contributed by atoms with Gasteiger partial charge < -0.3 is 10.2 Å². The van der Waals surface area contributed by atoms with E-state index in [1.807, 2.05) is 36.4 Å². The number of aromatic hydroxyl groups is 1. The third-order valence-corrected chi connectivity index (χ3v) is 4.64. The average molecular weight is 312 g/mol. The highest BCUT2D eigenvalue weighted by Crippen LogP contribution is 2.43. The van der Waals surface area contributed by atoms with Gasteiger partial charge in [-0.2, -0.15) is 0 Å². The highest BCUT2D eigenvalue weighted by molar-refractivity contribution is 5.93. The lowest BCUT2D eigenvalue weighted by atomic mass is 9.71. The molecule has 0 saturated heterocycles. The first-order valence-electron chi connectivity index (χ1n) is 8.03. The quantitative estimate of drug-likeness (QED) is 0.798. The molecule has 0 aliphatic heterocycles. The van der Waals surface area contributed by atoms with Crippen molar-refractivity contribution < 1.29 is 15.0 Å². The van der Waals surface area contributed by atoms with Gasteiger partial charge in [-0.05, 0) is 24.5 Å². The molecule has 2 rings (SSSR count). The van der Waals surface area contributed by atoms with Gasteiger partial charge in [0.1, 0.15) is 11.3 Å². The third-order valence-electron chi connectivity index (χ3n) is 4.64. The van der Waals surface area contributed by atoms with Crippen LogP contribution >= 0.6 is 0 Å². The smallest absolute Gasteiger partial charge is 0.339 e. The Balaban J connectivity index is 2.66. The van der Waals surface area contributed by atoms with Crippen LogP contribution in [0.5, 0.6) is 5.75 Å². The number of phenols is 1. The molecule has 0 fully saturated rings. The van der Waals surface area contributed by atoms with Crippen molar-refractivity contribution in [2.75, 3.05) is 0 Å². The zero-order chi connectivity index (χ0) is 17.0. The molecular weight excluding hydrogens is 288 g/mol. The molecular formula is C20H24O3. The lowest BCUT2D eigenvalue weighted by Crippen LogP contribution is -2.24. The lowest BCUT2D eigenvalue weighted by molar-refractivity contribution is 0.0692. The van der Waals surface area contributed by atoms with Gasteiger partial charge in [0.2, 0.25) is 0 Å². The van der Waals surface area contributed by atoms with Gasteiger partial charge >= 0.3 is 5.97 Å². The Morgan fingerprint density at radius 2 is 1.78 bits per heavy atom. The summed E-state index contributed by atoms with van der Waals surface area (Å²) < 4.78 is 0. The van der Waals surface area contributed by atoms with Crippen LogP contribution < -0.4 is 0 Å². The summed E-state index contributed by atoms with van der Waals surface area (Å²) in [4.78, 5) is 11.5. The standard InChI is InChI=1S/C20H24O3/c1-4-5-13-20(3,15-9-7-6-8-10-15)16-12-11-14(2)17(18(16)21)19(22)23/h6-12,21H,4-5,13H2,1-3H3,(H,22,23). The van der Waals surface area contributed by atoms with Crippen molar-refractivity contribution in [2.24, 2.45) is 0 Å². The van der Waals surface area contributed by atoms with Crippen LogP contribution in [0.25, 0.3) is 0 Å². The molecule has 0 heterocycles. The van der Waals surface area contributed by atoms with E-state index in [2.05, 4.69) is 13.8 Å². The minimum Gasteiger partial charge on any atom is -0.507 e. The second-order valence-electron chi connectivity index (χ2n) is 6.26. The van der Waals surface area contributed by atoms with E-state index in [9.17, 15) is 15.0 Å². The van der Waals surface area contributed by atoms with E-state index in [4.69, 9.17) is 0 Å². The number of carboxylic acids is 1. The summed E-state index contributed by atoms with van der Waals surface area (Å²) in [5.41, 5.74) is 1.93. The molecule has 122 valence electrons. The Kier molecular flexibility index (Phi) is 5.09. The number of carbonyl (C=O) groups is 1. The van der Waals surface area contributed by atoms with Crippen molar-refractivity contribution in [3.8, 4) is 5.75 Å². The minimum atomic E-state index is -1.09. The van der Waals surface area contributed by atoms with Gasteiger partial charge in [0.15, 0.2) is 0 Å². The predicted molar refractivity (Wildman–Crippen MR) is 92.2 cm³/mol. The summed E-state index contributed by atoms with van der Waals surface area (Å²) in [5, 5.41) is 20.1. The second kappa shape index (κ2) is 6.86. The fraction of sp³-hybridized carbons (Fsp3) is 0.350. The van der Waals surface area contributed by atoms with Crippen LogP contribution in [0.3, 0.4) is 0 Å². The number of hydrogen-bond acceptors (Lipinski definition) is 2. The van der Waals surface area contributed by atoms with Crippen LogP contribution in [0.4, 0.5) is 0 Å². The average Bonchev–Trinajstić information content (AvgIpc) is 2.53. The number of aryl methyl sites for hydroxylation is 1. The Labute approximate surface area is 137 Å². The fourth-order valence-electron chi connectivity index (χ4n) is 3.18. The van der Waals surface area contributed by atoms with E-state index in [1.54, 1.807) is 13.0 Å². The van der Waals surface area contributed by atoms with Crippen LogP contribution in [-0.2, 0) is 5.41 Å². The van der Waals surface area contributed by atoms with Gasteiger partial charge in [-0.25, -0.2) is 4.79 Å². The highest BCUT2D eigenvalue weighted by atomic mass is 16.4. The van der Waals surface area contributed by atoms with Crippen molar-refractivity contribution >= 4 is 5.97 Å². The summed E-state index contributed by atoms with van der Waals surface area (Å²) in [5.74, 6) is -1.20. The Morgan fingerprint density at radius 3 is 2.35 bits per heavy atom. The largest absolute Gasteiger partial charge is 0.507 e. The van der Waals surface area contributed by atoms with Crippen molar-refractivity contribution in [3.63, 3.8) is 0 Å². The summed E-state index contributed by atoms with van der Waals surface area (Å²) in [6.45, 7) is 5.91. The fourth-order valence-corrected chi connectivity index (χ4v) is 3.18. The minimum absolute atomic E-state index is 0.00107. The van der Waals surface area contributed by atoms with Crippen LogP contribution in [0.15, 0.2) is 42.5 Å². The van der Waals surface area contributed by atoms with E-state index in [0.29, 0.717) is 11.1 Å². The number of rotatable bonds is 6. The molecule has 2 aromatic carbocycles. The van der Waals surface area contributed by atoms with Crippen LogP contribution in [0.2, 0.25) is 0 Å². The molecule has 1 atom stereocenters. The zero-order valence-corrected chi connectivity index (χ0v) is 14.0. The highest BCUT2D eigenvalue weighted by Gasteiger charge is 2.33. The van der Waals surface area contributed by atoms with Gasteiger partial charge in [-0.1, -0.05) is 69.2 Å². The summed E-state index contributed by atoms with van der Waals surface area (Å²) in [7, 11) is 0. The molecule has 0 aliphatic carbocycles. The summed E-state index contributed by atoms with van der Waals surface area (Å²) >= 11 is 0. The molecule has 0 spiro atoms. The predicted octanol–water partition coefficient (Wildman–Crippen LogP) is 4.90. The maximum atomic E-state index is 11.5. The second-order valence-corrected chi connectivity index (χ2v) is 6.26. The molecule has 0 aliphatic rings. The van der Waals surface area contributed by atoms with E-state index < -0.39 is 11.4 Å². The monoisotopic (exact) mass is 312 g/mol. The van der Waals surface area contributed by atoms with E-state index in [-0.39, 0.29) is 11.3 Å². The molecule has 0 radical (unpaired) electrons. The molecule has 0 aromatic heterocycles. The number of aromatic carboxylic acids is 1. The lowest BCUT2D eigenvalue weighted by Gasteiger charge is -2.32. The molecule has 3 heteroatoms. The Hall–Kier alpha value is -2.29. The zero-order valence-electron chi connectivity index (χ0n) is 14.0. The summed E-state index contributed by atoms with van der Waals surface area (Å²) in [6.07, 6.45) is 2.89. The maximum absolute atomic E-state index is 11.5. The topological polar surface area (TPSA) is 57.5 Å². The first-order chi connectivity index (χ1) is 10.9. The van der Waals surface area contributed by atoms with Crippen LogP contribution in [-0.4, -0.2) is 16.2 Å². The molecule has 1 unspecified atom stereocenters. The van der Waals surface area contributed by atoms with E-state index in [0.717, 1.165) is 24.8 Å². The van der Waals surface area contributed by atoms with Crippen LogP contribution in [0.1, 0.15) is 60.2 Å². The van der Waals surface area contributed by atoms with Gasteiger partial charge in [-0.15, -0.1) is 0 Å². The first-order valence-corrected chi connectivity index (χ1v) is 8.03.